The molecule has 4 nitrogen and oxygen atoms in total. The van der Waals surface area contributed by atoms with Gasteiger partial charge in [0.25, 0.3) is 5.91 Å². The number of anilines is 1. The second-order valence-electron chi connectivity index (χ2n) is 7.61. The number of nitrogens with zero attached hydrogens (tertiary/aromatic N) is 1. The summed E-state index contributed by atoms with van der Waals surface area (Å²) in [5.74, 6) is 0.111. The Morgan fingerprint density at radius 3 is 2.58 bits per heavy atom. The number of nitriles is 1. The monoisotopic (exact) mass is 452 g/mol. The lowest BCUT2D eigenvalue weighted by Gasteiger charge is -2.13. The lowest BCUT2D eigenvalue weighted by atomic mass is 10.0. The molecule has 0 bridgehead atoms. The quantitative estimate of drug-likeness (QED) is 0.255. The summed E-state index contributed by atoms with van der Waals surface area (Å²) >= 11 is 5.97. The van der Waals surface area contributed by atoms with Gasteiger partial charge in [-0.15, -0.1) is 0 Å². The van der Waals surface area contributed by atoms with Crippen molar-refractivity contribution in [1.82, 2.24) is 0 Å². The van der Waals surface area contributed by atoms with Gasteiger partial charge in [0.05, 0.1) is 0 Å². The predicted octanol–water partition coefficient (Wildman–Crippen LogP) is 6.93. The largest absolute Gasteiger partial charge is 0.488 e. The number of ether oxygens (including phenoxy) is 1. The number of nitrogens with one attached hydrogen (secondary N) is 1. The maximum absolute atomic E-state index is 12.9. The van der Waals surface area contributed by atoms with Crippen molar-refractivity contribution < 1.29 is 9.53 Å². The Balaban J connectivity index is 1.69. The first-order chi connectivity index (χ1) is 16.0. The molecule has 0 atom stereocenters. The van der Waals surface area contributed by atoms with Crippen molar-refractivity contribution in [2.45, 2.75) is 13.5 Å². The normalized spacial score (nSPS) is 11.1. The summed E-state index contributed by atoms with van der Waals surface area (Å²) < 4.78 is 6.10. The van der Waals surface area contributed by atoms with Crippen LogP contribution in [-0.2, 0) is 11.4 Å². The van der Waals surface area contributed by atoms with Gasteiger partial charge in [0, 0.05) is 16.3 Å². The number of benzene rings is 4. The summed E-state index contributed by atoms with van der Waals surface area (Å²) in [7, 11) is 0. The number of carbonyl (C=O) groups excluding carboxylic acids is 1. The molecule has 4 aromatic carbocycles. The van der Waals surface area contributed by atoms with Gasteiger partial charge >= 0.3 is 0 Å². The Hall–Kier alpha value is -4.07. The average Bonchev–Trinajstić information content (AvgIpc) is 2.82. The fourth-order valence-electron chi connectivity index (χ4n) is 3.51. The number of rotatable bonds is 6. The van der Waals surface area contributed by atoms with Gasteiger partial charge in [-0.2, -0.15) is 5.26 Å². The highest BCUT2D eigenvalue weighted by Crippen LogP contribution is 2.31. The van der Waals surface area contributed by atoms with E-state index in [0.29, 0.717) is 28.6 Å². The van der Waals surface area contributed by atoms with Crippen LogP contribution >= 0.6 is 11.6 Å². The molecule has 0 spiro atoms. The zero-order valence-corrected chi connectivity index (χ0v) is 18.8. The van der Waals surface area contributed by atoms with Crippen LogP contribution in [0, 0.1) is 18.3 Å². The highest BCUT2D eigenvalue weighted by molar-refractivity contribution is 6.30. The van der Waals surface area contributed by atoms with Crippen LogP contribution in [0.4, 0.5) is 5.69 Å². The fraction of sp³-hybridized carbons (Fsp3) is 0.0714. The van der Waals surface area contributed by atoms with Crippen LogP contribution in [0.1, 0.15) is 16.7 Å². The second kappa shape index (κ2) is 10.0. The lowest BCUT2D eigenvalue weighted by Crippen LogP contribution is -2.13. The highest BCUT2D eigenvalue weighted by Gasteiger charge is 2.14. The zero-order valence-electron chi connectivity index (χ0n) is 18.0. The smallest absolute Gasteiger partial charge is 0.266 e. The lowest BCUT2D eigenvalue weighted by molar-refractivity contribution is -0.112. The van der Waals surface area contributed by atoms with Crippen LogP contribution in [0.15, 0.2) is 90.5 Å². The maximum Gasteiger partial charge on any atom is 0.266 e. The Morgan fingerprint density at radius 2 is 1.82 bits per heavy atom. The van der Waals surface area contributed by atoms with Crippen LogP contribution in [0.5, 0.6) is 5.75 Å². The van der Waals surface area contributed by atoms with E-state index in [1.165, 1.54) is 0 Å². The molecule has 33 heavy (non-hydrogen) atoms. The van der Waals surface area contributed by atoms with E-state index in [9.17, 15) is 10.1 Å². The van der Waals surface area contributed by atoms with Crippen molar-refractivity contribution in [2.75, 3.05) is 5.32 Å². The zero-order chi connectivity index (χ0) is 23.2. The molecule has 1 amide bonds. The summed E-state index contributed by atoms with van der Waals surface area (Å²) in [4.78, 5) is 12.9. The maximum atomic E-state index is 12.9. The molecule has 0 saturated carbocycles. The van der Waals surface area contributed by atoms with E-state index >= 15 is 0 Å². The molecule has 5 heteroatoms. The van der Waals surface area contributed by atoms with Gasteiger partial charge in [-0.05, 0) is 65.2 Å². The molecule has 4 rings (SSSR count). The summed E-state index contributed by atoms with van der Waals surface area (Å²) in [6.07, 6.45) is 1.59. The van der Waals surface area contributed by atoms with Crippen molar-refractivity contribution in [3.63, 3.8) is 0 Å². The first-order valence-electron chi connectivity index (χ1n) is 10.4. The van der Waals surface area contributed by atoms with Crippen LogP contribution in [0.25, 0.3) is 16.8 Å². The van der Waals surface area contributed by atoms with Crippen molar-refractivity contribution in [3.05, 3.63) is 112 Å². The van der Waals surface area contributed by atoms with E-state index in [-0.39, 0.29) is 5.57 Å². The van der Waals surface area contributed by atoms with E-state index in [1.807, 2.05) is 91.9 Å². The van der Waals surface area contributed by atoms with Gasteiger partial charge in [-0.1, -0.05) is 66.2 Å². The van der Waals surface area contributed by atoms with Crippen molar-refractivity contribution >= 4 is 40.0 Å². The molecular formula is C28H21ClN2O2. The summed E-state index contributed by atoms with van der Waals surface area (Å²) in [6.45, 7) is 2.27. The summed E-state index contributed by atoms with van der Waals surface area (Å²) in [5, 5.41) is 15.1. The van der Waals surface area contributed by atoms with Gasteiger partial charge in [0.15, 0.2) is 0 Å². The number of carbonyl (C=O) groups is 1. The first-order valence-corrected chi connectivity index (χ1v) is 10.8. The minimum Gasteiger partial charge on any atom is -0.488 e. The number of amides is 1. The summed E-state index contributed by atoms with van der Waals surface area (Å²) in [5.41, 5.74) is 3.28. The average molecular weight is 453 g/mol. The van der Waals surface area contributed by atoms with Crippen LogP contribution < -0.4 is 10.1 Å². The number of hydrogen-bond donors (Lipinski definition) is 1. The molecule has 4 aromatic rings. The number of hydrogen-bond acceptors (Lipinski definition) is 3. The molecular weight excluding hydrogens is 432 g/mol. The van der Waals surface area contributed by atoms with E-state index in [0.717, 1.165) is 21.9 Å². The number of halogens is 1. The van der Waals surface area contributed by atoms with Crippen LogP contribution in [0.3, 0.4) is 0 Å². The van der Waals surface area contributed by atoms with Crippen molar-refractivity contribution in [1.29, 1.82) is 5.26 Å². The summed E-state index contributed by atoms with van der Waals surface area (Å²) in [6, 6.07) is 28.5. The number of fused-ring (bicyclic) bond motifs is 1. The molecule has 0 aliphatic carbocycles. The Bertz CT molecular complexity index is 1390. The standard InChI is InChI=1S/C28H21ClN2O2/c1-19-5-4-7-24(15-19)31-28(32)22(17-30)16-26-25-8-3-2-6-21(25)11-14-27(26)33-18-20-9-12-23(29)13-10-20/h2-16H,18H2,1H3,(H,31,32)/b22-16-. The van der Waals surface area contributed by atoms with Gasteiger partial charge in [0.2, 0.25) is 0 Å². The van der Waals surface area contributed by atoms with E-state index in [1.54, 1.807) is 12.1 Å². The predicted molar refractivity (Wildman–Crippen MR) is 133 cm³/mol. The molecule has 0 saturated heterocycles. The molecule has 0 fully saturated rings. The molecule has 0 heterocycles. The molecule has 0 radical (unpaired) electrons. The fourth-order valence-corrected chi connectivity index (χ4v) is 3.63. The molecule has 1 N–H and O–H groups in total. The molecule has 0 aliphatic heterocycles. The minimum absolute atomic E-state index is 0.01000. The second-order valence-corrected chi connectivity index (χ2v) is 8.04. The van der Waals surface area contributed by atoms with Crippen molar-refractivity contribution in [2.24, 2.45) is 0 Å². The third kappa shape index (κ3) is 5.41. The van der Waals surface area contributed by atoms with Crippen LogP contribution in [-0.4, -0.2) is 5.91 Å². The van der Waals surface area contributed by atoms with Gasteiger partial charge < -0.3 is 10.1 Å². The van der Waals surface area contributed by atoms with E-state index in [4.69, 9.17) is 16.3 Å². The number of aryl methyl sites for hydroxylation is 1. The van der Waals surface area contributed by atoms with Crippen molar-refractivity contribution in [3.8, 4) is 11.8 Å². The Kier molecular flexibility index (Phi) is 6.73. The minimum atomic E-state index is -0.473. The van der Waals surface area contributed by atoms with Gasteiger partial charge in [-0.3, -0.25) is 4.79 Å². The molecule has 0 unspecified atom stereocenters. The Morgan fingerprint density at radius 1 is 1.03 bits per heavy atom. The highest BCUT2D eigenvalue weighted by atomic mass is 35.5. The van der Waals surface area contributed by atoms with E-state index < -0.39 is 5.91 Å². The van der Waals surface area contributed by atoms with Gasteiger partial charge in [0.1, 0.15) is 24.0 Å². The topological polar surface area (TPSA) is 62.1 Å². The third-order valence-electron chi connectivity index (χ3n) is 5.17. The third-order valence-corrected chi connectivity index (χ3v) is 5.42. The molecule has 162 valence electrons. The first kappa shape index (κ1) is 22.1. The molecule has 0 aliphatic rings. The Labute approximate surface area is 197 Å². The SMILES string of the molecule is Cc1cccc(NC(=O)/C(C#N)=C\c2c(OCc3ccc(Cl)cc3)ccc3ccccc23)c1. The van der Waals surface area contributed by atoms with Gasteiger partial charge in [-0.25, -0.2) is 0 Å². The van der Waals surface area contributed by atoms with Crippen LogP contribution in [0.2, 0.25) is 5.02 Å². The van der Waals surface area contributed by atoms with E-state index in [2.05, 4.69) is 5.32 Å². The molecule has 0 aromatic heterocycles.